The second-order valence-electron chi connectivity index (χ2n) is 3.63. The molecule has 0 amide bonds. The molecule has 1 aromatic rings. The predicted molar refractivity (Wildman–Crippen MR) is 53.8 cm³/mol. The zero-order valence-electron chi connectivity index (χ0n) is 8.13. The fourth-order valence-corrected chi connectivity index (χ4v) is 1.59. The van der Waals surface area contributed by atoms with Crippen molar-refractivity contribution in [2.24, 2.45) is 0 Å². The van der Waals surface area contributed by atoms with Crippen molar-refractivity contribution in [2.75, 3.05) is 0 Å². The summed E-state index contributed by atoms with van der Waals surface area (Å²) >= 11 is 0. The Kier molecular flexibility index (Phi) is 2.09. The van der Waals surface area contributed by atoms with E-state index in [1.807, 2.05) is 12.1 Å². The molecular formula is C12H14O. The maximum atomic E-state index is 5.77. The fourth-order valence-electron chi connectivity index (χ4n) is 1.59. The number of para-hydroxylation sites is 1. The maximum Gasteiger partial charge on any atom is 0.130 e. The van der Waals surface area contributed by atoms with Crippen molar-refractivity contribution < 1.29 is 4.74 Å². The molecule has 0 fully saturated rings. The molecule has 0 saturated heterocycles. The summed E-state index contributed by atoms with van der Waals surface area (Å²) < 4.78 is 5.77. The highest BCUT2D eigenvalue weighted by Gasteiger charge is 2.13. The number of allylic oxidation sites excluding steroid dienone is 2. The van der Waals surface area contributed by atoms with E-state index in [2.05, 4.69) is 26.0 Å². The van der Waals surface area contributed by atoms with E-state index in [1.54, 1.807) is 0 Å². The van der Waals surface area contributed by atoms with Crippen molar-refractivity contribution in [3.63, 3.8) is 0 Å². The standard InChI is InChI=1S/C12H14O/c1-9(2)11-8-7-10-5-3-4-6-12(10)13-11/h3-6H,7-8H2,1-2H3. The maximum absolute atomic E-state index is 5.77. The van der Waals surface area contributed by atoms with Gasteiger partial charge in [-0.05, 0) is 37.5 Å². The lowest BCUT2D eigenvalue weighted by atomic mass is 10.0. The summed E-state index contributed by atoms with van der Waals surface area (Å²) in [5.74, 6) is 2.17. The number of benzene rings is 1. The third-order valence-electron chi connectivity index (χ3n) is 2.38. The number of rotatable bonds is 0. The van der Waals surface area contributed by atoms with Gasteiger partial charge in [-0.25, -0.2) is 0 Å². The molecular weight excluding hydrogens is 160 g/mol. The van der Waals surface area contributed by atoms with Crippen LogP contribution >= 0.6 is 0 Å². The lowest BCUT2D eigenvalue weighted by molar-refractivity contribution is 0.372. The third-order valence-corrected chi connectivity index (χ3v) is 2.38. The van der Waals surface area contributed by atoms with E-state index in [4.69, 9.17) is 4.74 Å². The molecule has 0 aromatic heterocycles. The van der Waals surface area contributed by atoms with Crippen LogP contribution in [0.15, 0.2) is 35.6 Å². The number of fused-ring (bicyclic) bond motifs is 1. The first-order valence-electron chi connectivity index (χ1n) is 4.69. The minimum absolute atomic E-state index is 1.03. The molecule has 1 aliphatic heterocycles. The van der Waals surface area contributed by atoms with Crippen molar-refractivity contribution >= 4 is 0 Å². The summed E-state index contributed by atoms with van der Waals surface area (Å²) in [6.45, 7) is 4.20. The van der Waals surface area contributed by atoms with E-state index < -0.39 is 0 Å². The van der Waals surface area contributed by atoms with E-state index in [1.165, 1.54) is 11.1 Å². The second-order valence-corrected chi connectivity index (χ2v) is 3.63. The van der Waals surface area contributed by atoms with Gasteiger partial charge in [0.1, 0.15) is 11.5 Å². The van der Waals surface area contributed by atoms with Crippen LogP contribution in [0.5, 0.6) is 5.75 Å². The molecule has 0 atom stereocenters. The van der Waals surface area contributed by atoms with E-state index in [-0.39, 0.29) is 0 Å². The monoisotopic (exact) mass is 174 g/mol. The predicted octanol–water partition coefficient (Wildman–Crippen LogP) is 3.31. The summed E-state index contributed by atoms with van der Waals surface area (Å²) in [6, 6.07) is 8.26. The fraction of sp³-hybridized carbons (Fsp3) is 0.333. The Hall–Kier alpha value is -1.24. The number of ether oxygens (including phenoxy) is 1. The minimum atomic E-state index is 1.03. The van der Waals surface area contributed by atoms with E-state index >= 15 is 0 Å². The molecule has 0 unspecified atom stereocenters. The molecule has 1 aliphatic rings. The summed E-state index contributed by atoms with van der Waals surface area (Å²) in [7, 11) is 0. The third kappa shape index (κ3) is 1.59. The van der Waals surface area contributed by atoms with Gasteiger partial charge in [-0.1, -0.05) is 18.2 Å². The Morgan fingerprint density at radius 1 is 1.15 bits per heavy atom. The lowest BCUT2D eigenvalue weighted by Gasteiger charge is -2.20. The first kappa shape index (κ1) is 8.36. The SMILES string of the molecule is CC(C)=C1CCc2ccccc2O1. The molecule has 1 heterocycles. The lowest BCUT2D eigenvalue weighted by Crippen LogP contribution is -2.07. The first-order chi connectivity index (χ1) is 6.27. The Balaban J connectivity index is 2.35. The average molecular weight is 174 g/mol. The van der Waals surface area contributed by atoms with Gasteiger partial charge in [0.25, 0.3) is 0 Å². The van der Waals surface area contributed by atoms with Gasteiger partial charge >= 0.3 is 0 Å². The number of hydrogen-bond donors (Lipinski definition) is 0. The van der Waals surface area contributed by atoms with E-state index in [0.29, 0.717) is 0 Å². The van der Waals surface area contributed by atoms with Gasteiger partial charge < -0.3 is 4.74 Å². The molecule has 13 heavy (non-hydrogen) atoms. The number of aryl methyl sites for hydroxylation is 1. The molecule has 2 rings (SSSR count). The summed E-state index contributed by atoms with van der Waals surface area (Å²) in [5.41, 5.74) is 2.61. The van der Waals surface area contributed by atoms with Gasteiger partial charge in [0.05, 0.1) is 0 Å². The van der Waals surface area contributed by atoms with Crippen LogP contribution in [0.25, 0.3) is 0 Å². The average Bonchev–Trinajstić information content (AvgIpc) is 2.17. The molecule has 0 bridgehead atoms. The van der Waals surface area contributed by atoms with Gasteiger partial charge in [0, 0.05) is 6.42 Å². The van der Waals surface area contributed by atoms with Crippen molar-refractivity contribution in [3.8, 4) is 5.75 Å². The van der Waals surface area contributed by atoms with Crippen molar-refractivity contribution in [3.05, 3.63) is 41.2 Å². The second kappa shape index (κ2) is 3.25. The molecule has 0 aliphatic carbocycles. The minimum Gasteiger partial charge on any atom is -0.462 e. The Morgan fingerprint density at radius 2 is 1.92 bits per heavy atom. The van der Waals surface area contributed by atoms with Crippen LogP contribution in [-0.4, -0.2) is 0 Å². The van der Waals surface area contributed by atoms with Crippen LogP contribution in [0.2, 0.25) is 0 Å². The van der Waals surface area contributed by atoms with Crippen molar-refractivity contribution in [1.29, 1.82) is 0 Å². The summed E-state index contributed by atoms with van der Waals surface area (Å²) in [6.07, 6.45) is 2.15. The molecule has 0 spiro atoms. The molecule has 0 radical (unpaired) electrons. The normalized spacial score (nSPS) is 14.8. The van der Waals surface area contributed by atoms with Crippen LogP contribution in [-0.2, 0) is 6.42 Å². The molecule has 0 N–H and O–H groups in total. The Bertz CT molecular complexity index is 346. The molecule has 1 heteroatoms. The van der Waals surface area contributed by atoms with Gasteiger partial charge in [0.15, 0.2) is 0 Å². The summed E-state index contributed by atoms with van der Waals surface area (Å²) in [5, 5.41) is 0. The smallest absolute Gasteiger partial charge is 0.130 e. The highest BCUT2D eigenvalue weighted by Crippen LogP contribution is 2.29. The zero-order chi connectivity index (χ0) is 9.26. The zero-order valence-corrected chi connectivity index (χ0v) is 8.13. The highest BCUT2D eigenvalue weighted by atomic mass is 16.5. The molecule has 1 nitrogen and oxygen atoms in total. The van der Waals surface area contributed by atoms with Gasteiger partial charge in [-0.3, -0.25) is 0 Å². The van der Waals surface area contributed by atoms with Gasteiger partial charge in [-0.15, -0.1) is 0 Å². The molecule has 68 valence electrons. The van der Waals surface area contributed by atoms with Crippen molar-refractivity contribution in [2.45, 2.75) is 26.7 Å². The number of hydrogen-bond acceptors (Lipinski definition) is 1. The first-order valence-corrected chi connectivity index (χ1v) is 4.69. The van der Waals surface area contributed by atoms with E-state index in [9.17, 15) is 0 Å². The molecule has 1 aromatic carbocycles. The van der Waals surface area contributed by atoms with Crippen LogP contribution in [0, 0.1) is 0 Å². The summed E-state index contributed by atoms with van der Waals surface area (Å²) in [4.78, 5) is 0. The largest absolute Gasteiger partial charge is 0.462 e. The topological polar surface area (TPSA) is 9.23 Å². The van der Waals surface area contributed by atoms with E-state index in [0.717, 1.165) is 24.4 Å². The quantitative estimate of drug-likeness (QED) is 0.586. The highest BCUT2D eigenvalue weighted by molar-refractivity contribution is 5.37. The Labute approximate surface area is 79.0 Å². The molecule has 0 saturated carbocycles. The van der Waals surface area contributed by atoms with Crippen LogP contribution in [0.1, 0.15) is 25.8 Å². The van der Waals surface area contributed by atoms with Crippen LogP contribution in [0.4, 0.5) is 0 Å². The van der Waals surface area contributed by atoms with Crippen LogP contribution < -0.4 is 4.74 Å². The Morgan fingerprint density at radius 3 is 2.69 bits per heavy atom. The van der Waals surface area contributed by atoms with Gasteiger partial charge in [-0.2, -0.15) is 0 Å². The van der Waals surface area contributed by atoms with Gasteiger partial charge in [0.2, 0.25) is 0 Å². The van der Waals surface area contributed by atoms with Crippen LogP contribution in [0.3, 0.4) is 0 Å². The van der Waals surface area contributed by atoms with Crippen molar-refractivity contribution in [1.82, 2.24) is 0 Å².